The fourth-order valence-corrected chi connectivity index (χ4v) is 0.922. The smallest absolute Gasteiger partial charge is 0.313 e. The Labute approximate surface area is 75.2 Å². The zero-order valence-corrected chi connectivity index (χ0v) is 7.55. The van der Waals surface area contributed by atoms with Crippen molar-refractivity contribution in [2.24, 2.45) is 0 Å². The van der Waals surface area contributed by atoms with E-state index in [2.05, 4.69) is 10.3 Å². The molecule has 1 heterocycles. The average molecular weight is 190 g/mol. The molecule has 0 aliphatic heterocycles. The summed E-state index contributed by atoms with van der Waals surface area (Å²) in [6.45, 7) is 1.94. The normalized spacial score (nSPS) is 13.6. The second-order valence-corrected chi connectivity index (χ2v) is 2.86. The molecule has 0 fully saturated rings. The van der Waals surface area contributed by atoms with Gasteiger partial charge >= 0.3 is 6.43 Å². The van der Waals surface area contributed by atoms with Gasteiger partial charge in [-0.2, -0.15) is 8.78 Å². The molecule has 1 aromatic heterocycles. The Morgan fingerprint density at radius 1 is 1.62 bits per heavy atom. The molecule has 0 amide bonds. The highest BCUT2D eigenvalue weighted by Crippen LogP contribution is 2.18. The molecule has 0 saturated carbocycles. The van der Waals surface area contributed by atoms with Crippen LogP contribution in [0.2, 0.25) is 0 Å². The maximum absolute atomic E-state index is 12.0. The second-order valence-electron chi connectivity index (χ2n) is 2.86. The second kappa shape index (κ2) is 4.32. The van der Waals surface area contributed by atoms with Crippen LogP contribution in [-0.2, 0) is 6.42 Å². The van der Waals surface area contributed by atoms with E-state index in [4.69, 9.17) is 4.42 Å². The summed E-state index contributed by atoms with van der Waals surface area (Å²) in [5, 5.41) is 2.98. The molecule has 74 valence electrons. The predicted molar refractivity (Wildman–Crippen MR) is 43.7 cm³/mol. The van der Waals surface area contributed by atoms with E-state index in [9.17, 15) is 8.78 Å². The number of nitrogens with zero attached hydrogens (tertiary/aromatic N) is 1. The molecule has 1 aromatic rings. The highest BCUT2D eigenvalue weighted by Gasteiger charge is 2.14. The van der Waals surface area contributed by atoms with Crippen LogP contribution in [0.1, 0.15) is 25.0 Å². The molecule has 1 unspecified atom stereocenters. The van der Waals surface area contributed by atoms with E-state index in [1.165, 1.54) is 6.20 Å². The van der Waals surface area contributed by atoms with Crippen LogP contribution in [0.25, 0.3) is 0 Å². The highest BCUT2D eigenvalue weighted by molar-refractivity contribution is 4.96. The van der Waals surface area contributed by atoms with Crippen LogP contribution in [0, 0.1) is 0 Å². The lowest BCUT2D eigenvalue weighted by molar-refractivity contribution is 0.113. The third-order valence-corrected chi connectivity index (χ3v) is 1.76. The molecule has 0 aliphatic rings. The molecule has 0 aromatic carbocycles. The van der Waals surface area contributed by atoms with Crippen molar-refractivity contribution in [3.05, 3.63) is 17.8 Å². The van der Waals surface area contributed by atoms with Gasteiger partial charge in [-0.25, -0.2) is 4.98 Å². The number of aromatic nitrogens is 1. The van der Waals surface area contributed by atoms with Gasteiger partial charge in [0.1, 0.15) is 5.76 Å². The number of likely N-dealkylation sites (N-methyl/N-ethyl adjacent to an activating group) is 1. The van der Waals surface area contributed by atoms with Crippen LogP contribution in [0.5, 0.6) is 0 Å². The molecule has 0 aliphatic carbocycles. The van der Waals surface area contributed by atoms with E-state index in [0.29, 0.717) is 12.2 Å². The Hall–Kier alpha value is -0.970. The number of nitrogens with one attached hydrogen (secondary N) is 1. The molecule has 0 saturated heterocycles. The first-order valence-electron chi connectivity index (χ1n) is 4.03. The largest absolute Gasteiger partial charge is 0.440 e. The van der Waals surface area contributed by atoms with Crippen molar-refractivity contribution in [2.75, 3.05) is 7.05 Å². The third kappa shape index (κ3) is 2.77. The molecule has 1 rings (SSSR count). The molecule has 0 spiro atoms. The first-order chi connectivity index (χ1) is 6.13. The third-order valence-electron chi connectivity index (χ3n) is 1.76. The maximum atomic E-state index is 12.0. The number of oxazole rings is 1. The standard InChI is InChI=1S/C8H12F2N2O/c1-5(11-2)3-6-4-12-8(13-6)7(9)10/h4-5,7,11H,3H2,1-2H3. The molecule has 1 N–H and O–H groups in total. The van der Waals surface area contributed by atoms with Gasteiger partial charge < -0.3 is 9.73 Å². The van der Waals surface area contributed by atoms with Crippen molar-refractivity contribution < 1.29 is 13.2 Å². The van der Waals surface area contributed by atoms with Gasteiger partial charge in [0.2, 0.25) is 0 Å². The number of hydrogen-bond donors (Lipinski definition) is 1. The fourth-order valence-electron chi connectivity index (χ4n) is 0.922. The number of halogens is 2. The van der Waals surface area contributed by atoms with Crippen LogP contribution in [0.15, 0.2) is 10.6 Å². The summed E-state index contributed by atoms with van der Waals surface area (Å²) in [6, 6.07) is 0.193. The molecule has 5 heteroatoms. The molecule has 0 bridgehead atoms. The lowest BCUT2D eigenvalue weighted by Gasteiger charge is -2.05. The van der Waals surface area contributed by atoms with Crippen molar-refractivity contribution in [2.45, 2.75) is 25.8 Å². The molecule has 1 atom stereocenters. The Balaban J connectivity index is 2.58. The number of rotatable bonds is 4. The number of hydrogen-bond acceptors (Lipinski definition) is 3. The van der Waals surface area contributed by atoms with Crippen LogP contribution >= 0.6 is 0 Å². The Bertz CT molecular complexity index is 262. The zero-order valence-electron chi connectivity index (χ0n) is 7.55. The fraction of sp³-hybridized carbons (Fsp3) is 0.625. The Morgan fingerprint density at radius 3 is 2.77 bits per heavy atom. The van der Waals surface area contributed by atoms with E-state index in [-0.39, 0.29) is 6.04 Å². The van der Waals surface area contributed by atoms with E-state index in [1.807, 2.05) is 6.92 Å². The van der Waals surface area contributed by atoms with Crippen molar-refractivity contribution >= 4 is 0 Å². The van der Waals surface area contributed by atoms with Crippen LogP contribution in [0.3, 0.4) is 0 Å². The highest BCUT2D eigenvalue weighted by atomic mass is 19.3. The molecule has 13 heavy (non-hydrogen) atoms. The van der Waals surface area contributed by atoms with Gasteiger partial charge in [0.15, 0.2) is 0 Å². The van der Waals surface area contributed by atoms with Crippen molar-refractivity contribution in [1.82, 2.24) is 10.3 Å². The van der Waals surface area contributed by atoms with Gasteiger partial charge in [-0.1, -0.05) is 0 Å². The van der Waals surface area contributed by atoms with Crippen molar-refractivity contribution in [3.8, 4) is 0 Å². The summed E-state index contributed by atoms with van der Waals surface area (Å²) in [7, 11) is 1.80. The van der Waals surface area contributed by atoms with E-state index in [1.54, 1.807) is 7.05 Å². The van der Waals surface area contributed by atoms with Gasteiger partial charge in [0.05, 0.1) is 6.20 Å². The summed E-state index contributed by atoms with van der Waals surface area (Å²) in [5.41, 5.74) is 0. The van der Waals surface area contributed by atoms with E-state index < -0.39 is 12.3 Å². The topological polar surface area (TPSA) is 38.1 Å². The number of alkyl halides is 2. The summed E-state index contributed by atoms with van der Waals surface area (Å²) in [4.78, 5) is 3.46. The molecule has 0 radical (unpaired) electrons. The lowest BCUT2D eigenvalue weighted by atomic mass is 10.2. The van der Waals surface area contributed by atoms with E-state index >= 15 is 0 Å². The SMILES string of the molecule is CNC(C)Cc1cnc(C(F)F)o1. The van der Waals surface area contributed by atoms with Crippen LogP contribution in [0.4, 0.5) is 8.78 Å². The predicted octanol–water partition coefficient (Wildman–Crippen LogP) is 1.76. The molecular formula is C8H12F2N2O. The van der Waals surface area contributed by atoms with E-state index in [0.717, 1.165) is 0 Å². The van der Waals surface area contributed by atoms with Gasteiger partial charge in [0.25, 0.3) is 5.89 Å². The maximum Gasteiger partial charge on any atom is 0.313 e. The Kier molecular flexibility index (Phi) is 3.36. The van der Waals surface area contributed by atoms with Gasteiger partial charge in [0, 0.05) is 12.5 Å². The van der Waals surface area contributed by atoms with Crippen LogP contribution < -0.4 is 5.32 Å². The van der Waals surface area contributed by atoms with Gasteiger partial charge in [-0.15, -0.1) is 0 Å². The quantitative estimate of drug-likeness (QED) is 0.786. The minimum atomic E-state index is -2.63. The minimum Gasteiger partial charge on any atom is -0.440 e. The molecular weight excluding hydrogens is 178 g/mol. The van der Waals surface area contributed by atoms with Gasteiger partial charge in [-0.3, -0.25) is 0 Å². The first-order valence-corrected chi connectivity index (χ1v) is 4.03. The lowest BCUT2D eigenvalue weighted by Crippen LogP contribution is -2.23. The van der Waals surface area contributed by atoms with Crippen molar-refractivity contribution in [1.29, 1.82) is 0 Å². The summed E-state index contributed by atoms with van der Waals surface area (Å²) in [6.07, 6.45) is -0.718. The monoisotopic (exact) mass is 190 g/mol. The average Bonchev–Trinajstić information content (AvgIpc) is 2.52. The summed E-state index contributed by atoms with van der Waals surface area (Å²) < 4.78 is 28.9. The Morgan fingerprint density at radius 2 is 2.31 bits per heavy atom. The molecule has 3 nitrogen and oxygen atoms in total. The van der Waals surface area contributed by atoms with Gasteiger partial charge in [-0.05, 0) is 14.0 Å². The summed E-state index contributed by atoms with van der Waals surface area (Å²) in [5.74, 6) is -0.0181. The zero-order chi connectivity index (χ0) is 9.84. The van der Waals surface area contributed by atoms with Crippen LogP contribution in [-0.4, -0.2) is 18.1 Å². The van der Waals surface area contributed by atoms with Crippen molar-refractivity contribution in [3.63, 3.8) is 0 Å². The first kappa shape index (κ1) is 10.1. The minimum absolute atomic E-state index is 0.193. The summed E-state index contributed by atoms with van der Waals surface area (Å²) >= 11 is 0.